The van der Waals surface area contributed by atoms with Gasteiger partial charge in [-0.2, -0.15) is 0 Å². The highest BCUT2D eigenvalue weighted by Gasteiger charge is 2.55. The van der Waals surface area contributed by atoms with E-state index < -0.39 is 0 Å². The van der Waals surface area contributed by atoms with Crippen molar-refractivity contribution in [1.29, 1.82) is 0 Å². The molecule has 3 atom stereocenters. The largest absolute Gasteiger partial charge is 0.346 e. The van der Waals surface area contributed by atoms with E-state index in [2.05, 4.69) is 37.3 Å². The van der Waals surface area contributed by atoms with E-state index in [1.165, 1.54) is 44.1 Å². The zero-order valence-corrected chi connectivity index (χ0v) is 12.3. The summed E-state index contributed by atoms with van der Waals surface area (Å²) in [6.07, 6.45) is 8.85. The van der Waals surface area contributed by atoms with Crippen LogP contribution in [0.25, 0.3) is 0 Å². The molecular formula is C18H24O2. The van der Waals surface area contributed by atoms with Gasteiger partial charge in [0.2, 0.25) is 0 Å². The molecule has 1 spiro atoms. The molecule has 1 aliphatic carbocycles. The molecule has 0 aromatic heterocycles. The molecule has 2 nitrogen and oxygen atoms in total. The van der Waals surface area contributed by atoms with E-state index in [-0.39, 0.29) is 17.5 Å². The summed E-state index contributed by atoms with van der Waals surface area (Å²) >= 11 is 0. The second-order valence-electron chi connectivity index (χ2n) is 7.11. The van der Waals surface area contributed by atoms with Gasteiger partial charge in [0, 0.05) is 5.92 Å². The van der Waals surface area contributed by atoms with Gasteiger partial charge in [-0.15, -0.1) is 0 Å². The minimum atomic E-state index is -0.160. The Morgan fingerprint density at radius 2 is 1.70 bits per heavy atom. The third kappa shape index (κ3) is 2.01. The second kappa shape index (κ2) is 4.57. The summed E-state index contributed by atoms with van der Waals surface area (Å²) in [5.41, 5.74) is 1.29. The van der Waals surface area contributed by atoms with Crippen LogP contribution in [0.2, 0.25) is 0 Å². The van der Waals surface area contributed by atoms with Crippen molar-refractivity contribution >= 4 is 0 Å². The summed E-state index contributed by atoms with van der Waals surface area (Å²) in [7, 11) is 0. The van der Waals surface area contributed by atoms with Crippen molar-refractivity contribution in [3.05, 3.63) is 35.9 Å². The van der Waals surface area contributed by atoms with Crippen LogP contribution in [0.15, 0.2) is 30.3 Å². The molecule has 4 rings (SSSR count). The van der Waals surface area contributed by atoms with Crippen molar-refractivity contribution in [2.24, 2.45) is 5.92 Å². The summed E-state index contributed by atoms with van der Waals surface area (Å²) in [5.74, 6) is 0.582. The predicted molar refractivity (Wildman–Crippen MR) is 78.3 cm³/mol. The normalized spacial score (nSPS) is 39.0. The van der Waals surface area contributed by atoms with Gasteiger partial charge in [-0.3, -0.25) is 0 Å². The van der Waals surface area contributed by atoms with Crippen LogP contribution in [0.5, 0.6) is 0 Å². The molecule has 108 valence electrons. The van der Waals surface area contributed by atoms with E-state index in [4.69, 9.17) is 9.47 Å². The molecule has 2 heterocycles. The maximum Gasteiger partial charge on any atom is 0.162 e. The van der Waals surface area contributed by atoms with Crippen LogP contribution in [0.1, 0.15) is 57.4 Å². The first-order valence-corrected chi connectivity index (χ1v) is 8.10. The lowest BCUT2D eigenvalue weighted by Crippen LogP contribution is -2.34. The molecule has 0 unspecified atom stereocenters. The zero-order valence-electron chi connectivity index (χ0n) is 12.3. The van der Waals surface area contributed by atoms with E-state index in [0.29, 0.717) is 5.92 Å². The van der Waals surface area contributed by atoms with Crippen LogP contribution in [-0.4, -0.2) is 11.9 Å². The fraction of sp³-hybridized carbons (Fsp3) is 0.667. The quantitative estimate of drug-likeness (QED) is 0.755. The Morgan fingerprint density at radius 1 is 0.950 bits per heavy atom. The summed E-state index contributed by atoms with van der Waals surface area (Å²) < 4.78 is 12.8. The van der Waals surface area contributed by atoms with Crippen molar-refractivity contribution in [2.45, 2.75) is 69.4 Å². The van der Waals surface area contributed by atoms with Gasteiger partial charge in [-0.05, 0) is 38.2 Å². The highest BCUT2D eigenvalue weighted by Crippen LogP contribution is 2.54. The van der Waals surface area contributed by atoms with Crippen LogP contribution < -0.4 is 0 Å². The summed E-state index contributed by atoms with van der Waals surface area (Å²) in [6, 6.07) is 10.6. The van der Waals surface area contributed by atoms with E-state index in [1.807, 2.05) is 0 Å². The fourth-order valence-corrected chi connectivity index (χ4v) is 4.55. The summed E-state index contributed by atoms with van der Waals surface area (Å²) in [6.45, 7) is 2.22. The average Bonchev–Trinajstić information content (AvgIpc) is 2.93. The third-order valence-corrected chi connectivity index (χ3v) is 5.56. The number of rotatable bonds is 1. The van der Waals surface area contributed by atoms with E-state index in [0.717, 1.165) is 6.42 Å². The molecule has 20 heavy (non-hydrogen) atoms. The molecule has 3 aliphatic rings. The molecule has 1 aromatic rings. The van der Waals surface area contributed by atoms with E-state index in [1.54, 1.807) is 0 Å². The molecule has 3 fully saturated rings. The van der Waals surface area contributed by atoms with Gasteiger partial charge >= 0.3 is 0 Å². The Balaban J connectivity index is 1.51. The lowest BCUT2D eigenvalue weighted by Gasteiger charge is -2.35. The molecular weight excluding hydrogens is 248 g/mol. The molecule has 1 aromatic carbocycles. The second-order valence-corrected chi connectivity index (χ2v) is 7.11. The minimum Gasteiger partial charge on any atom is -0.346 e. The molecule has 0 N–H and O–H groups in total. The zero-order chi connectivity index (χ0) is 13.6. The Kier molecular flexibility index (Phi) is 2.94. The maximum atomic E-state index is 6.41. The van der Waals surface area contributed by atoms with Gasteiger partial charge in [0.1, 0.15) is 0 Å². The van der Waals surface area contributed by atoms with Crippen LogP contribution >= 0.6 is 0 Å². The SMILES string of the molecule is C[C@@]1(c2ccccc2)C[C@@H]2CC3(CCCCC3)O[C@@H]2O1. The fourth-order valence-electron chi connectivity index (χ4n) is 4.55. The molecule has 0 bridgehead atoms. The van der Waals surface area contributed by atoms with Gasteiger partial charge in [-0.1, -0.05) is 49.6 Å². The maximum absolute atomic E-state index is 6.41. The highest BCUT2D eigenvalue weighted by atomic mass is 16.7. The number of ether oxygens (including phenoxy) is 2. The number of benzene rings is 1. The van der Waals surface area contributed by atoms with Gasteiger partial charge in [0.15, 0.2) is 6.29 Å². The molecule has 2 saturated heterocycles. The van der Waals surface area contributed by atoms with Crippen molar-refractivity contribution in [3.8, 4) is 0 Å². The number of fused-ring (bicyclic) bond motifs is 1. The molecule has 2 aliphatic heterocycles. The lowest BCUT2D eigenvalue weighted by molar-refractivity contribution is -0.205. The molecule has 1 saturated carbocycles. The van der Waals surface area contributed by atoms with Crippen molar-refractivity contribution in [3.63, 3.8) is 0 Å². The molecule has 0 amide bonds. The summed E-state index contributed by atoms with van der Waals surface area (Å²) in [4.78, 5) is 0. The Hall–Kier alpha value is -0.860. The first kappa shape index (κ1) is 12.8. The van der Waals surface area contributed by atoms with Gasteiger partial charge < -0.3 is 9.47 Å². The Labute approximate surface area is 121 Å². The topological polar surface area (TPSA) is 18.5 Å². The summed E-state index contributed by atoms with van der Waals surface area (Å²) in [5, 5.41) is 0. The van der Waals surface area contributed by atoms with E-state index >= 15 is 0 Å². The van der Waals surface area contributed by atoms with Crippen LogP contribution in [-0.2, 0) is 15.1 Å². The van der Waals surface area contributed by atoms with Crippen molar-refractivity contribution < 1.29 is 9.47 Å². The number of hydrogen-bond acceptors (Lipinski definition) is 2. The predicted octanol–water partition coefficient (Wildman–Crippen LogP) is 4.39. The minimum absolute atomic E-state index is 0.0262. The third-order valence-electron chi connectivity index (χ3n) is 5.56. The Morgan fingerprint density at radius 3 is 2.40 bits per heavy atom. The average molecular weight is 272 g/mol. The van der Waals surface area contributed by atoms with Gasteiger partial charge in [-0.25, -0.2) is 0 Å². The van der Waals surface area contributed by atoms with Gasteiger partial charge in [0.05, 0.1) is 11.2 Å². The lowest BCUT2D eigenvalue weighted by atomic mass is 9.78. The molecule has 2 heteroatoms. The first-order chi connectivity index (χ1) is 9.69. The van der Waals surface area contributed by atoms with Crippen LogP contribution in [0.4, 0.5) is 0 Å². The number of hydrogen-bond donors (Lipinski definition) is 0. The molecule has 0 radical (unpaired) electrons. The van der Waals surface area contributed by atoms with Crippen molar-refractivity contribution in [1.82, 2.24) is 0 Å². The smallest absolute Gasteiger partial charge is 0.162 e. The van der Waals surface area contributed by atoms with Crippen LogP contribution in [0, 0.1) is 5.92 Å². The Bertz CT molecular complexity index is 459. The first-order valence-electron chi connectivity index (χ1n) is 8.10. The highest BCUT2D eigenvalue weighted by molar-refractivity contribution is 5.23. The monoisotopic (exact) mass is 272 g/mol. The van der Waals surface area contributed by atoms with Crippen molar-refractivity contribution in [2.75, 3.05) is 0 Å². The van der Waals surface area contributed by atoms with E-state index in [9.17, 15) is 0 Å². The van der Waals surface area contributed by atoms with Gasteiger partial charge in [0.25, 0.3) is 0 Å². The van der Waals surface area contributed by atoms with Crippen LogP contribution in [0.3, 0.4) is 0 Å². The standard InChI is InChI=1S/C18H24O2/c1-17(15-8-4-2-5-9-15)12-14-13-18(20-16(14)19-17)10-6-3-7-11-18/h2,4-5,8-9,14,16H,3,6-7,10-13H2,1H3/t14-,16+,17+/m1/s1.